The van der Waals surface area contributed by atoms with E-state index in [0.29, 0.717) is 6.04 Å². The van der Waals surface area contributed by atoms with Gasteiger partial charge in [-0.05, 0) is 61.7 Å². The lowest BCUT2D eigenvalue weighted by Gasteiger charge is -2.18. The van der Waals surface area contributed by atoms with E-state index in [-0.39, 0.29) is 0 Å². The number of rotatable bonds is 7. The van der Waals surface area contributed by atoms with Gasteiger partial charge in [-0.25, -0.2) is 0 Å². The molecule has 0 bridgehead atoms. The van der Waals surface area contributed by atoms with Gasteiger partial charge in [0.1, 0.15) is 0 Å². The minimum absolute atomic E-state index is 0.297. The SMILES string of the molecule is CCCNC(Cc1cc(Cl)ccc1Cl)c1ccc(CC)s1. The van der Waals surface area contributed by atoms with Crippen LogP contribution >= 0.6 is 34.5 Å². The zero-order valence-corrected chi connectivity index (χ0v) is 14.8. The minimum atomic E-state index is 0.297. The second-order valence-corrected chi connectivity index (χ2v) is 7.15. The topological polar surface area (TPSA) is 12.0 Å². The van der Waals surface area contributed by atoms with E-state index in [1.165, 1.54) is 9.75 Å². The summed E-state index contributed by atoms with van der Waals surface area (Å²) < 4.78 is 0. The van der Waals surface area contributed by atoms with E-state index in [9.17, 15) is 0 Å². The van der Waals surface area contributed by atoms with Crippen molar-refractivity contribution in [3.8, 4) is 0 Å². The molecular weight excluding hydrogens is 321 g/mol. The average molecular weight is 342 g/mol. The van der Waals surface area contributed by atoms with Gasteiger partial charge in [-0.15, -0.1) is 11.3 Å². The van der Waals surface area contributed by atoms with Crippen LogP contribution in [0.3, 0.4) is 0 Å². The first-order valence-electron chi connectivity index (χ1n) is 7.40. The molecule has 0 saturated heterocycles. The minimum Gasteiger partial charge on any atom is -0.309 e. The largest absolute Gasteiger partial charge is 0.309 e. The van der Waals surface area contributed by atoms with Crippen LogP contribution in [-0.4, -0.2) is 6.54 Å². The van der Waals surface area contributed by atoms with Crippen LogP contribution in [0.25, 0.3) is 0 Å². The maximum atomic E-state index is 6.31. The molecule has 0 spiro atoms. The third kappa shape index (κ3) is 4.72. The summed E-state index contributed by atoms with van der Waals surface area (Å²) in [5.41, 5.74) is 1.10. The second kappa shape index (κ2) is 8.19. The average Bonchev–Trinajstić information content (AvgIpc) is 2.95. The van der Waals surface area contributed by atoms with Gasteiger partial charge in [0.15, 0.2) is 0 Å². The molecule has 0 fully saturated rings. The highest BCUT2D eigenvalue weighted by Crippen LogP contribution is 2.30. The Morgan fingerprint density at radius 3 is 2.62 bits per heavy atom. The monoisotopic (exact) mass is 341 g/mol. The molecule has 0 amide bonds. The number of hydrogen-bond donors (Lipinski definition) is 1. The predicted octanol–water partition coefficient (Wildman–Crippen LogP) is 5.90. The van der Waals surface area contributed by atoms with E-state index in [4.69, 9.17) is 23.2 Å². The molecule has 1 aromatic carbocycles. The number of aryl methyl sites for hydroxylation is 1. The fourth-order valence-electron chi connectivity index (χ4n) is 2.28. The van der Waals surface area contributed by atoms with Crippen LogP contribution in [-0.2, 0) is 12.8 Å². The summed E-state index contributed by atoms with van der Waals surface area (Å²) >= 11 is 14.3. The van der Waals surface area contributed by atoms with Crippen LogP contribution in [0.1, 0.15) is 41.6 Å². The molecule has 2 aromatic rings. The lowest BCUT2D eigenvalue weighted by atomic mass is 10.0. The highest BCUT2D eigenvalue weighted by Gasteiger charge is 2.15. The van der Waals surface area contributed by atoms with Gasteiger partial charge >= 0.3 is 0 Å². The number of benzene rings is 1. The fraction of sp³-hybridized carbons (Fsp3) is 0.412. The van der Waals surface area contributed by atoms with Crippen molar-refractivity contribution in [3.63, 3.8) is 0 Å². The second-order valence-electron chi connectivity index (χ2n) is 5.10. The summed E-state index contributed by atoms with van der Waals surface area (Å²) in [4.78, 5) is 2.79. The predicted molar refractivity (Wildman–Crippen MR) is 94.9 cm³/mol. The summed E-state index contributed by atoms with van der Waals surface area (Å²) in [6.45, 7) is 5.38. The van der Waals surface area contributed by atoms with E-state index in [1.54, 1.807) is 0 Å². The van der Waals surface area contributed by atoms with E-state index in [0.717, 1.165) is 41.4 Å². The van der Waals surface area contributed by atoms with Crippen molar-refractivity contribution in [3.05, 3.63) is 55.7 Å². The number of nitrogens with one attached hydrogen (secondary N) is 1. The molecule has 21 heavy (non-hydrogen) atoms. The molecular formula is C17H21Cl2NS. The first-order valence-corrected chi connectivity index (χ1v) is 8.97. The molecule has 1 unspecified atom stereocenters. The molecule has 1 heterocycles. The van der Waals surface area contributed by atoms with Crippen molar-refractivity contribution >= 4 is 34.5 Å². The van der Waals surface area contributed by atoms with Crippen LogP contribution in [0.4, 0.5) is 0 Å². The molecule has 0 aliphatic rings. The zero-order chi connectivity index (χ0) is 15.2. The third-order valence-electron chi connectivity index (χ3n) is 3.45. The smallest absolute Gasteiger partial charge is 0.0456 e. The number of hydrogen-bond acceptors (Lipinski definition) is 2. The molecule has 4 heteroatoms. The van der Waals surface area contributed by atoms with Gasteiger partial charge in [0, 0.05) is 25.8 Å². The van der Waals surface area contributed by atoms with Gasteiger partial charge in [-0.2, -0.15) is 0 Å². The Bertz CT molecular complexity index is 580. The molecule has 2 rings (SSSR count). The van der Waals surface area contributed by atoms with Gasteiger partial charge in [0.05, 0.1) is 0 Å². The van der Waals surface area contributed by atoms with Gasteiger partial charge < -0.3 is 5.32 Å². The van der Waals surface area contributed by atoms with Gasteiger partial charge in [0.25, 0.3) is 0 Å². The highest BCUT2D eigenvalue weighted by atomic mass is 35.5. The van der Waals surface area contributed by atoms with E-state index >= 15 is 0 Å². The van der Waals surface area contributed by atoms with E-state index < -0.39 is 0 Å². The molecule has 0 radical (unpaired) electrons. The van der Waals surface area contributed by atoms with Crippen LogP contribution in [0.2, 0.25) is 10.0 Å². The molecule has 0 aliphatic carbocycles. The van der Waals surface area contributed by atoms with Crippen molar-refractivity contribution in [2.45, 2.75) is 39.2 Å². The maximum Gasteiger partial charge on any atom is 0.0456 e. The van der Waals surface area contributed by atoms with Crippen molar-refractivity contribution in [2.24, 2.45) is 0 Å². The molecule has 1 nitrogen and oxygen atoms in total. The fourth-order valence-corrected chi connectivity index (χ4v) is 3.70. The van der Waals surface area contributed by atoms with Gasteiger partial charge in [-0.1, -0.05) is 37.0 Å². The van der Waals surface area contributed by atoms with Gasteiger partial charge in [-0.3, -0.25) is 0 Å². The van der Waals surface area contributed by atoms with Gasteiger partial charge in [0.2, 0.25) is 0 Å². The quantitative estimate of drug-likeness (QED) is 0.660. The summed E-state index contributed by atoms with van der Waals surface area (Å²) in [5, 5.41) is 5.15. The van der Waals surface area contributed by atoms with E-state index in [2.05, 4.69) is 31.3 Å². The van der Waals surface area contributed by atoms with Crippen LogP contribution in [0, 0.1) is 0 Å². The van der Waals surface area contributed by atoms with Crippen LogP contribution in [0.5, 0.6) is 0 Å². The van der Waals surface area contributed by atoms with Crippen molar-refractivity contribution in [1.29, 1.82) is 0 Å². The Labute approximate surface area is 141 Å². The maximum absolute atomic E-state index is 6.31. The lowest BCUT2D eigenvalue weighted by Crippen LogP contribution is -2.23. The Morgan fingerprint density at radius 1 is 1.14 bits per heavy atom. The number of halogens is 2. The Hall–Kier alpha value is -0.540. The molecule has 1 N–H and O–H groups in total. The summed E-state index contributed by atoms with van der Waals surface area (Å²) in [6, 6.07) is 10.4. The molecule has 1 atom stereocenters. The molecule has 1 aromatic heterocycles. The summed E-state index contributed by atoms with van der Waals surface area (Å²) in [7, 11) is 0. The standard InChI is InChI=1S/C17H21Cl2NS/c1-3-9-20-16(17-8-6-14(4-2)21-17)11-12-10-13(18)5-7-15(12)19/h5-8,10,16,20H,3-4,9,11H2,1-2H3. The Morgan fingerprint density at radius 2 is 1.95 bits per heavy atom. The Balaban J connectivity index is 2.21. The van der Waals surface area contributed by atoms with Crippen LogP contribution in [0.15, 0.2) is 30.3 Å². The van der Waals surface area contributed by atoms with E-state index in [1.807, 2.05) is 29.5 Å². The van der Waals surface area contributed by atoms with Crippen molar-refractivity contribution < 1.29 is 0 Å². The third-order valence-corrected chi connectivity index (χ3v) is 5.39. The first-order chi connectivity index (χ1) is 10.1. The summed E-state index contributed by atoms with van der Waals surface area (Å²) in [5.74, 6) is 0. The lowest BCUT2D eigenvalue weighted by molar-refractivity contribution is 0.536. The molecule has 0 aliphatic heterocycles. The highest BCUT2D eigenvalue weighted by molar-refractivity contribution is 7.12. The normalized spacial score (nSPS) is 12.6. The summed E-state index contributed by atoms with van der Waals surface area (Å²) in [6.07, 6.45) is 3.07. The zero-order valence-electron chi connectivity index (χ0n) is 12.5. The number of thiophene rings is 1. The molecule has 114 valence electrons. The van der Waals surface area contributed by atoms with Crippen LogP contribution < -0.4 is 5.32 Å². The molecule has 0 saturated carbocycles. The van der Waals surface area contributed by atoms with Crippen molar-refractivity contribution in [1.82, 2.24) is 5.32 Å². The Kier molecular flexibility index (Phi) is 6.56. The first kappa shape index (κ1) is 16.8. The van der Waals surface area contributed by atoms with Crippen molar-refractivity contribution in [2.75, 3.05) is 6.54 Å².